The minimum Gasteiger partial charge on any atom is -0.497 e. The molecule has 27 heavy (non-hydrogen) atoms. The Hall–Kier alpha value is -2.96. The predicted octanol–water partition coefficient (Wildman–Crippen LogP) is 3.41. The van der Waals surface area contributed by atoms with Gasteiger partial charge in [-0.15, -0.1) is 0 Å². The highest BCUT2D eigenvalue weighted by Gasteiger charge is 2.31. The van der Waals surface area contributed by atoms with Crippen molar-refractivity contribution >= 4 is 11.9 Å². The lowest BCUT2D eigenvalue weighted by molar-refractivity contribution is -0.139. The van der Waals surface area contributed by atoms with Crippen molar-refractivity contribution in [3.05, 3.63) is 65.2 Å². The van der Waals surface area contributed by atoms with Crippen molar-refractivity contribution in [2.45, 2.75) is 31.7 Å². The summed E-state index contributed by atoms with van der Waals surface area (Å²) in [5.41, 5.74) is -0.529. The number of aryl methyl sites for hydroxylation is 1. The van der Waals surface area contributed by atoms with Gasteiger partial charge < -0.3 is 15.2 Å². The summed E-state index contributed by atoms with van der Waals surface area (Å²) in [6.07, 6.45) is -0.462. The summed E-state index contributed by atoms with van der Waals surface area (Å²) in [6, 6.07) is 10.5. The van der Waals surface area contributed by atoms with Crippen LogP contribution in [0.2, 0.25) is 0 Å². The highest BCUT2D eigenvalue weighted by molar-refractivity contribution is 5.79. The van der Waals surface area contributed by atoms with Gasteiger partial charge in [-0.05, 0) is 42.7 Å². The Bertz CT molecular complexity index is 840. The van der Waals surface area contributed by atoms with Crippen molar-refractivity contribution in [1.82, 2.24) is 5.32 Å². The van der Waals surface area contributed by atoms with Gasteiger partial charge in [-0.25, -0.2) is 8.78 Å². The molecule has 0 aliphatic heterocycles. The Labute approximate surface area is 156 Å². The molecule has 0 heterocycles. The number of carbonyl (C=O) groups excluding carboxylic acids is 1. The van der Waals surface area contributed by atoms with E-state index in [0.29, 0.717) is 11.3 Å². The molecule has 1 unspecified atom stereocenters. The molecule has 2 aromatic rings. The molecule has 1 atom stereocenters. The molecule has 7 heteroatoms. The van der Waals surface area contributed by atoms with Crippen molar-refractivity contribution in [1.29, 1.82) is 0 Å². The van der Waals surface area contributed by atoms with Crippen molar-refractivity contribution in [3.8, 4) is 5.75 Å². The van der Waals surface area contributed by atoms with E-state index in [1.54, 1.807) is 31.2 Å². The number of aliphatic carboxylic acids is 1. The number of halogens is 2. The van der Waals surface area contributed by atoms with Crippen LogP contribution in [-0.2, 0) is 21.5 Å². The highest BCUT2D eigenvalue weighted by Crippen LogP contribution is 2.28. The lowest BCUT2D eigenvalue weighted by Crippen LogP contribution is -2.45. The SMILES string of the molecule is COc1cccc(C(C)(CC(=O)O)NC(=O)CCc2cccc(F)c2F)c1. The van der Waals surface area contributed by atoms with Crippen LogP contribution in [-0.4, -0.2) is 24.1 Å². The van der Waals surface area contributed by atoms with Gasteiger partial charge in [0.25, 0.3) is 0 Å². The number of carbonyl (C=O) groups is 2. The van der Waals surface area contributed by atoms with E-state index >= 15 is 0 Å². The molecule has 2 N–H and O–H groups in total. The molecule has 5 nitrogen and oxygen atoms in total. The predicted molar refractivity (Wildman–Crippen MR) is 95.4 cm³/mol. The Kier molecular flexibility index (Phi) is 6.50. The maximum absolute atomic E-state index is 13.7. The van der Waals surface area contributed by atoms with E-state index in [1.165, 1.54) is 19.2 Å². The zero-order valence-corrected chi connectivity index (χ0v) is 15.1. The van der Waals surface area contributed by atoms with Crippen LogP contribution in [0.15, 0.2) is 42.5 Å². The average molecular weight is 377 g/mol. The van der Waals surface area contributed by atoms with Gasteiger partial charge in [0.05, 0.1) is 19.1 Å². The van der Waals surface area contributed by atoms with Crippen LogP contribution in [0.3, 0.4) is 0 Å². The normalized spacial score (nSPS) is 12.9. The summed E-state index contributed by atoms with van der Waals surface area (Å²) in [6.45, 7) is 1.59. The number of rotatable bonds is 8. The fourth-order valence-corrected chi connectivity index (χ4v) is 2.85. The second-order valence-electron chi connectivity index (χ2n) is 6.40. The molecule has 0 aromatic heterocycles. The maximum Gasteiger partial charge on any atom is 0.306 e. The van der Waals surface area contributed by atoms with E-state index in [0.717, 1.165) is 6.07 Å². The molecule has 0 spiro atoms. The van der Waals surface area contributed by atoms with Gasteiger partial charge in [0.2, 0.25) is 5.91 Å². The maximum atomic E-state index is 13.7. The first-order chi connectivity index (χ1) is 12.7. The van der Waals surface area contributed by atoms with Gasteiger partial charge in [-0.1, -0.05) is 24.3 Å². The average Bonchev–Trinajstić information content (AvgIpc) is 2.62. The smallest absolute Gasteiger partial charge is 0.306 e. The second-order valence-corrected chi connectivity index (χ2v) is 6.40. The molecule has 0 aliphatic carbocycles. The van der Waals surface area contributed by atoms with Crippen LogP contribution >= 0.6 is 0 Å². The van der Waals surface area contributed by atoms with E-state index in [2.05, 4.69) is 5.32 Å². The Morgan fingerprint density at radius 3 is 2.56 bits per heavy atom. The number of carboxylic acids is 1. The van der Waals surface area contributed by atoms with Gasteiger partial charge in [0.1, 0.15) is 5.75 Å². The summed E-state index contributed by atoms with van der Waals surface area (Å²) in [5, 5.41) is 12.0. The van der Waals surface area contributed by atoms with E-state index in [4.69, 9.17) is 4.74 Å². The Balaban J connectivity index is 2.16. The molecule has 0 aliphatic rings. The van der Waals surface area contributed by atoms with Crippen LogP contribution in [0.1, 0.15) is 30.9 Å². The largest absolute Gasteiger partial charge is 0.497 e. The topological polar surface area (TPSA) is 75.6 Å². The molecule has 0 fully saturated rings. The van der Waals surface area contributed by atoms with Crippen LogP contribution in [0, 0.1) is 11.6 Å². The number of hydrogen-bond acceptors (Lipinski definition) is 3. The minimum absolute atomic E-state index is 0.00328. The fraction of sp³-hybridized carbons (Fsp3) is 0.300. The van der Waals surface area contributed by atoms with Gasteiger partial charge >= 0.3 is 5.97 Å². The van der Waals surface area contributed by atoms with Gasteiger partial charge in [0.15, 0.2) is 11.6 Å². The zero-order chi connectivity index (χ0) is 20.0. The lowest BCUT2D eigenvalue weighted by atomic mass is 9.88. The van der Waals surface area contributed by atoms with Crippen LogP contribution < -0.4 is 10.1 Å². The summed E-state index contributed by atoms with van der Waals surface area (Å²) >= 11 is 0. The van der Waals surface area contributed by atoms with Gasteiger partial charge in [-0.3, -0.25) is 9.59 Å². The first-order valence-corrected chi connectivity index (χ1v) is 8.35. The number of methoxy groups -OCH3 is 1. The standard InChI is InChI=1S/C20H21F2NO4/c1-20(12-18(25)26,14-6-4-7-15(11-14)27-2)23-17(24)10-9-13-5-3-8-16(21)19(13)22/h3-8,11H,9-10,12H2,1-2H3,(H,23,24)(H,25,26). The molecule has 0 saturated carbocycles. The molecule has 0 saturated heterocycles. The number of nitrogens with one attached hydrogen (secondary N) is 1. The van der Waals surface area contributed by atoms with Crippen LogP contribution in [0.25, 0.3) is 0 Å². The Morgan fingerprint density at radius 2 is 1.89 bits per heavy atom. The zero-order valence-electron chi connectivity index (χ0n) is 15.1. The molecule has 2 aromatic carbocycles. The third-order valence-corrected chi connectivity index (χ3v) is 4.28. The number of hydrogen-bond donors (Lipinski definition) is 2. The van der Waals surface area contributed by atoms with E-state index < -0.39 is 29.0 Å². The van der Waals surface area contributed by atoms with Gasteiger partial charge in [-0.2, -0.15) is 0 Å². The van der Waals surface area contributed by atoms with E-state index in [1.807, 2.05) is 0 Å². The van der Waals surface area contributed by atoms with E-state index in [9.17, 15) is 23.5 Å². The van der Waals surface area contributed by atoms with Gasteiger partial charge in [0, 0.05) is 6.42 Å². The number of carboxylic acid groups (broad SMARTS) is 1. The van der Waals surface area contributed by atoms with Crippen molar-refractivity contribution in [2.24, 2.45) is 0 Å². The molecule has 0 bridgehead atoms. The molecule has 144 valence electrons. The monoisotopic (exact) mass is 377 g/mol. The second kappa shape index (κ2) is 8.62. The van der Waals surface area contributed by atoms with Crippen molar-refractivity contribution < 1.29 is 28.2 Å². The molecule has 0 radical (unpaired) electrons. The summed E-state index contributed by atoms with van der Waals surface area (Å²) in [7, 11) is 1.49. The first kappa shape index (κ1) is 20.4. The molecular formula is C20H21F2NO4. The molecule has 1 amide bonds. The first-order valence-electron chi connectivity index (χ1n) is 8.35. The van der Waals surface area contributed by atoms with Crippen LogP contribution in [0.4, 0.5) is 8.78 Å². The number of benzene rings is 2. The number of ether oxygens (including phenoxy) is 1. The fourth-order valence-electron chi connectivity index (χ4n) is 2.85. The van der Waals surface area contributed by atoms with Crippen molar-refractivity contribution in [3.63, 3.8) is 0 Å². The van der Waals surface area contributed by atoms with E-state index in [-0.39, 0.29) is 24.8 Å². The third kappa shape index (κ3) is 5.26. The summed E-state index contributed by atoms with van der Waals surface area (Å²) < 4.78 is 32.1. The quantitative estimate of drug-likeness (QED) is 0.739. The summed E-state index contributed by atoms with van der Waals surface area (Å²) in [5.74, 6) is -2.98. The highest BCUT2D eigenvalue weighted by atomic mass is 19.2. The van der Waals surface area contributed by atoms with Crippen LogP contribution in [0.5, 0.6) is 5.75 Å². The Morgan fingerprint density at radius 1 is 1.19 bits per heavy atom. The molecule has 2 rings (SSSR count). The lowest BCUT2D eigenvalue weighted by Gasteiger charge is -2.30. The minimum atomic E-state index is -1.18. The van der Waals surface area contributed by atoms with Crippen molar-refractivity contribution in [2.75, 3.05) is 7.11 Å². The molecular weight excluding hydrogens is 356 g/mol. The summed E-state index contributed by atoms with van der Waals surface area (Å²) in [4.78, 5) is 23.7. The number of amides is 1. The third-order valence-electron chi connectivity index (χ3n) is 4.28.